The van der Waals surface area contributed by atoms with Gasteiger partial charge in [0.1, 0.15) is 11.6 Å². The third-order valence-electron chi connectivity index (χ3n) is 4.86. The molecule has 0 saturated carbocycles. The highest BCUT2D eigenvalue weighted by atomic mass is 19.1. The van der Waals surface area contributed by atoms with Crippen LogP contribution in [0.3, 0.4) is 0 Å². The van der Waals surface area contributed by atoms with E-state index in [1.807, 2.05) is 12.1 Å². The van der Waals surface area contributed by atoms with Crippen LogP contribution in [0.2, 0.25) is 0 Å². The van der Waals surface area contributed by atoms with Crippen molar-refractivity contribution in [1.29, 1.82) is 0 Å². The Kier molecular flexibility index (Phi) is 8.61. The van der Waals surface area contributed by atoms with Gasteiger partial charge in [-0.25, -0.2) is 9.37 Å². The second kappa shape index (κ2) is 11.6. The molecule has 2 aromatic rings. The van der Waals surface area contributed by atoms with Gasteiger partial charge in [0, 0.05) is 52.0 Å². The molecule has 0 bridgehead atoms. The van der Waals surface area contributed by atoms with E-state index in [-0.39, 0.29) is 11.9 Å². The largest absolute Gasteiger partial charge is 0.439 e. The van der Waals surface area contributed by atoms with Gasteiger partial charge >= 0.3 is 0 Å². The number of ether oxygens (including phenoxy) is 2. The maximum Gasteiger partial charge on any atom is 0.219 e. The monoisotopic (exact) mass is 429 g/mol. The van der Waals surface area contributed by atoms with Crippen molar-refractivity contribution in [2.45, 2.75) is 26.5 Å². The molecule has 1 fully saturated rings. The van der Waals surface area contributed by atoms with Crippen molar-refractivity contribution in [3.63, 3.8) is 0 Å². The number of pyridine rings is 1. The predicted molar refractivity (Wildman–Crippen MR) is 120 cm³/mol. The molecule has 7 nitrogen and oxygen atoms in total. The van der Waals surface area contributed by atoms with E-state index in [2.05, 4.69) is 39.4 Å². The molecule has 0 radical (unpaired) electrons. The Morgan fingerprint density at radius 3 is 2.84 bits per heavy atom. The van der Waals surface area contributed by atoms with E-state index in [0.29, 0.717) is 36.6 Å². The molecule has 168 valence electrons. The summed E-state index contributed by atoms with van der Waals surface area (Å²) in [6, 6.07) is 9.61. The molecule has 1 aliphatic rings. The molecule has 1 aromatic carbocycles. The average Bonchev–Trinajstić information content (AvgIpc) is 2.76. The lowest BCUT2D eigenvalue weighted by Gasteiger charge is -2.34. The van der Waals surface area contributed by atoms with Gasteiger partial charge in [-0.15, -0.1) is 0 Å². The van der Waals surface area contributed by atoms with Gasteiger partial charge < -0.3 is 20.1 Å². The summed E-state index contributed by atoms with van der Waals surface area (Å²) < 4.78 is 24.6. The first kappa shape index (κ1) is 23.0. The van der Waals surface area contributed by atoms with Crippen molar-refractivity contribution in [3.05, 3.63) is 54.0 Å². The molecule has 1 aliphatic heterocycles. The number of rotatable bonds is 8. The fourth-order valence-electron chi connectivity index (χ4n) is 3.44. The van der Waals surface area contributed by atoms with Crippen molar-refractivity contribution in [3.8, 4) is 11.6 Å². The summed E-state index contributed by atoms with van der Waals surface area (Å²) in [5.41, 5.74) is 0.993. The fourth-order valence-corrected chi connectivity index (χ4v) is 3.44. The zero-order valence-corrected chi connectivity index (χ0v) is 18.5. The molecule has 1 unspecified atom stereocenters. The Morgan fingerprint density at radius 2 is 2.10 bits per heavy atom. The van der Waals surface area contributed by atoms with Crippen LogP contribution < -0.4 is 15.4 Å². The van der Waals surface area contributed by atoms with E-state index < -0.39 is 0 Å². The van der Waals surface area contributed by atoms with Crippen LogP contribution >= 0.6 is 0 Å². The normalized spacial score (nSPS) is 17.6. The second-order valence-corrected chi connectivity index (χ2v) is 8.01. The molecular weight excluding hydrogens is 397 g/mol. The number of hydrogen-bond acceptors (Lipinski definition) is 5. The number of morpholine rings is 1. The smallest absolute Gasteiger partial charge is 0.219 e. The highest BCUT2D eigenvalue weighted by Crippen LogP contribution is 2.20. The van der Waals surface area contributed by atoms with Crippen molar-refractivity contribution in [2.75, 3.05) is 39.8 Å². The van der Waals surface area contributed by atoms with E-state index in [9.17, 15) is 4.39 Å². The highest BCUT2D eigenvalue weighted by molar-refractivity contribution is 5.79. The summed E-state index contributed by atoms with van der Waals surface area (Å²) in [5.74, 6) is 2.05. The fraction of sp³-hybridized carbons (Fsp3) is 0.478. The van der Waals surface area contributed by atoms with Crippen molar-refractivity contribution in [1.82, 2.24) is 20.5 Å². The van der Waals surface area contributed by atoms with Crippen LogP contribution in [0.5, 0.6) is 11.6 Å². The summed E-state index contributed by atoms with van der Waals surface area (Å²) in [6.07, 6.45) is 1.83. The SMILES string of the molecule is CN=C(NCc1ccnc(Oc2ccc(F)cc2)c1)NCC1CN(CC(C)C)CCO1. The summed E-state index contributed by atoms with van der Waals surface area (Å²) in [6.45, 7) is 9.52. The van der Waals surface area contributed by atoms with Gasteiger partial charge in [0.15, 0.2) is 5.96 Å². The molecular formula is C23H32FN5O2. The van der Waals surface area contributed by atoms with Crippen molar-refractivity contribution < 1.29 is 13.9 Å². The zero-order valence-electron chi connectivity index (χ0n) is 18.5. The Morgan fingerprint density at radius 1 is 1.29 bits per heavy atom. The number of nitrogens with one attached hydrogen (secondary N) is 2. The Bertz CT molecular complexity index is 844. The third kappa shape index (κ3) is 7.80. The lowest BCUT2D eigenvalue weighted by molar-refractivity contribution is -0.0284. The van der Waals surface area contributed by atoms with Gasteiger partial charge in [-0.2, -0.15) is 0 Å². The summed E-state index contributed by atoms with van der Waals surface area (Å²) in [5, 5.41) is 6.65. The van der Waals surface area contributed by atoms with Crippen LogP contribution in [0.1, 0.15) is 19.4 Å². The molecule has 1 saturated heterocycles. The van der Waals surface area contributed by atoms with Gasteiger partial charge in [0.2, 0.25) is 5.88 Å². The van der Waals surface area contributed by atoms with Crippen molar-refractivity contribution in [2.24, 2.45) is 10.9 Å². The van der Waals surface area contributed by atoms with E-state index in [1.54, 1.807) is 25.4 Å². The summed E-state index contributed by atoms with van der Waals surface area (Å²) >= 11 is 0. The van der Waals surface area contributed by atoms with Gasteiger partial charge in [0.25, 0.3) is 0 Å². The lowest BCUT2D eigenvalue weighted by Crippen LogP contribution is -2.50. The first-order valence-corrected chi connectivity index (χ1v) is 10.7. The minimum atomic E-state index is -0.302. The Balaban J connectivity index is 1.46. The van der Waals surface area contributed by atoms with Gasteiger partial charge in [-0.3, -0.25) is 9.89 Å². The average molecular weight is 430 g/mol. The minimum absolute atomic E-state index is 0.141. The lowest BCUT2D eigenvalue weighted by atomic mass is 10.2. The maximum atomic E-state index is 13.0. The number of hydrogen-bond donors (Lipinski definition) is 2. The van der Waals surface area contributed by atoms with Crippen LogP contribution in [0.15, 0.2) is 47.6 Å². The van der Waals surface area contributed by atoms with Crippen LogP contribution in [0.25, 0.3) is 0 Å². The number of halogens is 1. The maximum absolute atomic E-state index is 13.0. The van der Waals surface area contributed by atoms with Gasteiger partial charge in [-0.05, 0) is 41.8 Å². The summed E-state index contributed by atoms with van der Waals surface area (Å²) in [7, 11) is 1.75. The molecule has 1 atom stereocenters. The van der Waals surface area contributed by atoms with E-state index in [4.69, 9.17) is 9.47 Å². The quantitative estimate of drug-likeness (QED) is 0.497. The van der Waals surface area contributed by atoms with Crippen molar-refractivity contribution >= 4 is 5.96 Å². The predicted octanol–water partition coefficient (Wildman–Crippen LogP) is 3.03. The van der Waals surface area contributed by atoms with E-state index >= 15 is 0 Å². The topological polar surface area (TPSA) is 71.0 Å². The van der Waals surface area contributed by atoms with E-state index in [1.165, 1.54) is 12.1 Å². The highest BCUT2D eigenvalue weighted by Gasteiger charge is 2.21. The molecule has 3 rings (SSSR count). The third-order valence-corrected chi connectivity index (χ3v) is 4.86. The number of aromatic nitrogens is 1. The number of nitrogens with zero attached hydrogens (tertiary/aromatic N) is 3. The standard InChI is InChI=1S/C23H32FN5O2/c1-17(2)15-29-10-11-30-21(16-29)14-28-23(25-3)27-13-18-8-9-26-22(12-18)31-20-6-4-19(24)5-7-20/h4-9,12,17,21H,10-11,13-16H2,1-3H3,(H2,25,27,28). The number of benzene rings is 1. The molecule has 0 aliphatic carbocycles. The summed E-state index contributed by atoms with van der Waals surface area (Å²) in [4.78, 5) is 11.0. The van der Waals surface area contributed by atoms with Crippen LogP contribution in [-0.2, 0) is 11.3 Å². The molecule has 2 N–H and O–H groups in total. The number of guanidine groups is 1. The number of aliphatic imine (C=N–C) groups is 1. The molecule has 0 amide bonds. The molecule has 1 aromatic heterocycles. The molecule has 31 heavy (non-hydrogen) atoms. The Labute approximate surface area is 183 Å². The zero-order chi connectivity index (χ0) is 22.1. The van der Waals surface area contributed by atoms with E-state index in [0.717, 1.165) is 31.8 Å². The second-order valence-electron chi connectivity index (χ2n) is 8.01. The molecule has 0 spiro atoms. The first-order valence-electron chi connectivity index (χ1n) is 10.7. The Hall–Kier alpha value is -2.71. The van der Waals surface area contributed by atoms with Gasteiger partial charge in [0.05, 0.1) is 12.7 Å². The van der Waals surface area contributed by atoms with Gasteiger partial charge in [-0.1, -0.05) is 13.8 Å². The van der Waals surface area contributed by atoms with Crippen LogP contribution in [-0.4, -0.2) is 61.8 Å². The molecule has 8 heteroatoms. The molecule has 2 heterocycles. The minimum Gasteiger partial charge on any atom is -0.439 e. The first-order chi connectivity index (χ1) is 15.0. The van der Waals surface area contributed by atoms with Crippen LogP contribution in [0, 0.1) is 11.7 Å². The van der Waals surface area contributed by atoms with Crippen LogP contribution in [0.4, 0.5) is 4.39 Å².